The predicted molar refractivity (Wildman–Crippen MR) is 96.6 cm³/mol. The number of benzene rings is 2. The molecule has 1 atom stereocenters. The highest BCUT2D eigenvalue weighted by Crippen LogP contribution is 2.37. The molecule has 0 saturated carbocycles. The van der Waals surface area contributed by atoms with Crippen LogP contribution in [0.4, 0.5) is 13.2 Å². The van der Waals surface area contributed by atoms with E-state index in [9.17, 15) is 18.0 Å². The lowest BCUT2D eigenvalue weighted by molar-refractivity contribution is -0.137. The van der Waals surface area contributed by atoms with Crippen LogP contribution in [-0.4, -0.2) is 18.3 Å². The number of halogens is 4. The molecular weight excluding hydrogens is 387 g/mol. The summed E-state index contributed by atoms with van der Waals surface area (Å²) in [6, 6.07) is 10.8. The summed E-state index contributed by atoms with van der Waals surface area (Å²) >= 11 is 6.64. The molecule has 2 aromatic carbocycles. The van der Waals surface area contributed by atoms with Gasteiger partial charge in [0.05, 0.1) is 22.9 Å². The number of hydrogen-bond donors (Lipinski definition) is 1. The first kappa shape index (κ1) is 20.5. The van der Waals surface area contributed by atoms with Crippen LogP contribution in [0.3, 0.4) is 0 Å². The van der Waals surface area contributed by atoms with Crippen LogP contribution in [0.15, 0.2) is 47.4 Å². The van der Waals surface area contributed by atoms with Gasteiger partial charge in [0.1, 0.15) is 5.75 Å². The van der Waals surface area contributed by atoms with Crippen molar-refractivity contribution >= 4 is 29.3 Å². The number of alkyl halides is 3. The maximum atomic E-state index is 12.9. The van der Waals surface area contributed by atoms with E-state index in [2.05, 4.69) is 5.32 Å². The lowest BCUT2D eigenvalue weighted by atomic mass is 10.2. The fourth-order valence-electron chi connectivity index (χ4n) is 2.13. The van der Waals surface area contributed by atoms with Gasteiger partial charge in [-0.2, -0.15) is 13.2 Å². The molecule has 0 fully saturated rings. The SMILES string of the molecule is COc1ccc(CNC(=O)[C@@H](C)Sc2ccc(Cl)c(C(F)(F)F)c2)cc1. The molecule has 0 spiro atoms. The Hall–Kier alpha value is -1.86. The van der Waals surface area contributed by atoms with E-state index in [1.807, 2.05) is 12.1 Å². The third-order valence-electron chi connectivity index (χ3n) is 3.55. The average molecular weight is 404 g/mol. The van der Waals surface area contributed by atoms with E-state index in [0.29, 0.717) is 17.2 Å². The van der Waals surface area contributed by atoms with Crippen LogP contribution >= 0.6 is 23.4 Å². The average Bonchev–Trinajstić information content (AvgIpc) is 2.60. The molecule has 1 amide bonds. The Bertz CT molecular complexity index is 766. The minimum Gasteiger partial charge on any atom is -0.497 e. The van der Waals surface area contributed by atoms with Crippen molar-refractivity contribution in [2.45, 2.75) is 29.8 Å². The van der Waals surface area contributed by atoms with Crippen molar-refractivity contribution in [1.29, 1.82) is 0 Å². The van der Waals surface area contributed by atoms with Gasteiger partial charge in [0, 0.05) is 11.4 Å². The topological polar surface area (TPSA) is 38.3 Å². The minimum absolute atomic E-state index is 0.269. The molecule has 0 aromatic heterocycles. The second-order valence-electron chi connectivity index (χ2n) is 5.47. The van der Waals surface area contributed by atoms with Gasteiger partial charge < -0.3 is 10.1 Å². The molecule has 0 unspecified atom stereocenters. The summed E-state index contributed by atoms with van der Waals surface area (Å²) < 4.78 is 43.8. The Morgan fingerprint density at radius 3 is 2.46 bits per heavy atom. The van der Waals surface area contributed by atoms with E-state index in [-0.39, 0.29) is 10.9 Å². The van der Waals surface area contributed by atoms with Crippen LogP contribution in [0.5, 0.6) is 5.75 Å². The smallest absolute Gasteiger partial charge is 0.417 e. The third kappa shape index (κ3) is 5.57. The van der Waals surface area contributed by atoms with Gasteiger partial charge in [-0.15, -0.1) is 11.8 Å². The van der Waals surface area contributed by atoms with Gasteiger partial charge in [-0.25, -0.2) is 0 Å². The Kier molecular flexibility index (Phi) is 6.83. The highest BCUT2D eigenvalue weighted by Gasteiger charge is 2.33. The zero-order valence-corrected chi connectivity index (χ0v) is 15.6. The first-order valence-corrected chi connectivity index (χ1v) is 8.90. The van der Waals surface area contributed by atoms with Crippen molar-refractivity contribution in [2.24, 2.45) is 0 Å². The second-order valence-corrected chi connectivity index (χ2v) is 7.29. The van der Waals surface area contributed by atoms with E-state index in [1.165, 1.54) is 12.1 Å². The Morgan fingerprint density at radius 1 is 1.23 bits per heavy atom. The monoisotopic (exact) mass is 403 g/mol. The molecule has 140 valence electrons. The van der Waals surface area contributed by atoms with Gasteiger partial charge in [-0.3, -0.25) is 4.79 Å². The first-order valence-electron chi connectivity index (χ1n) is 7.64. The van der Waals surface area contributed by atoms with Crippen molar-refractivity contribution in [3.8, 4) is 5.75 Å². The maximum absolute atomic E-state index is 12.9. The first-order chi connectivity index (χ1) is 12.2. The molecule has 0 aliphatic heterocycles. The molecule has 2 aromatic rings. The van der Waals surface area contributed by atoms with E-state index >= 15 is 0 Å². The minimum atomic E-state index is -4.53. The molecule has 0 bridgehead atoms. The van der Waals surface area contributed by atoms with Crippen LogP contribution in [0.2, 0.25) is 5.02 Å². The molecule has 0 saturated heterocycles. The van der Waals surface area contributed by atoms with Gasteiger partial charge in [0.2, 0.25) is 5.91 Å². The molecule has 26 heavy (non-hydrogen) atoms. The summed E-state index contributed by atoms with van der Waals surface area (Å²) in [6.07, 6.45) is -4.53. The molecule has 0 heterocycles. The quantitative estimate of drug-likeness (QED) is 0.677. The lowest BCUT2D eigenvalue weighted by Gasteiger charge is -2.14. The van der Waals surface area contributed by atoms with Gasteiger partial charge in [0.25, 0.3) is 0 Å². The number of ether oxygens (including phenoxy) is 1. The summed E-state index contributed by atoms with van der Waals surface area (Å²) in [5.41, 5.74) is -0.0165. The van der Waals surface area contributed by atoms with Crippen molar-refractivity contribution in [2.75, 3.05) is 7.11 Å². The summed E-state index contributed by atoms with van der Waals surface area (Å²) in [5.74, 6) is 0.446. The molecule has 1 N–H and O–H groups in total. The second kappa shape index (κ2) is 8.68. The predicted octanol–water partition coefficient (Wildman–Crippen LogP) is 5.16. The molecule has 0 aliphatic rings. The number of carbonyl (C=O) groups excluding carboxylic acids is 1. The number of carbonyl (C=O) groups is 1. The normalized spacial score (nSPS) is 12.5. The molecule has 8 heteroatoms. The van der Waals surface area contributed by atoms with Crippen LogP contribution in [0, 0.1) is 0 Å². The largest absolute Gasteiger partial charge is 0.497 e. The van der Waals surface area contributed by atoms with E-state index < -0.39 is 17.0 Å². The Labute approximate surface area is 158 Å². The zero-order chi connectivity index (χ0) is 19.3. The molecule has 0 radical (unpaired) electrons. The van der Waals surface area contributed by atoms with Crippen LogP contribution < -0.4 is 10.1 Å². The van der Waals surface area contributed by atoms with Crippen molar-refractivity contribution in [1.82, 2.24) is 5.32 Å². The van der Waals surface area contributed by atoms with E-state index in [4.69, 9.17) is 16.3 Å². The molecular formula is C18H17ClF3NO2S. The number of amides is 1. The van der Waals surface area contributed by atoms with Crippen molar-refractivity contribution in [3.05, 3.63) is 58.6 Å². The number of rotatable bonds is 6. The van der Waals surface area contributed by atoms with Gasteiger partial charge in [-0.1, -0.05) is 23.7 Å². The van der Waals surface area contributed by atoms with Crippen molar-refractivity contribution < 1.29 is 22.7 Å². The van der Waals surface area contributed by atoms with Gasteiger partial charge >= 0.3 is 6.18 Å². The van der Waals surface area contributed by atoms with Crippen molar-refractivity contribution in [3.63, 3.8) is 0 Å². The number of hydrogen-bond acceptors (Lipinski definition) is 3. The fraction of sp³-hybridized carbons (Fsp3) is 0.278. The zero-order valence-electron chi connectivity index (χ0n) is 14.1. The summed E-state index contributed by atoms with van der Waals surface area (Å²) in [4.78, 5) is 12.5. The van der Waals surface area contributed by atoms with Crippen LogP contribution in [-0.2, 0) is 17.5 Å². The highest BCUT2D eigenvalue weighted by atomic mass is 35.5. The Balaban J connectivity index is 1.96. The van der Waals surface area contributed by atoms with Crippen LogP contribution in [0.1, 0.15) is 18.1 Å². The summed E-state index contributed by atoms with van der Waals surface area (Å²) in [7, 11) is 1.57. The summed E-state index contributed by atoms with van der Waals surface area (Å²) in [5, 5.41) is 1.84. The Morgan fingerprint density at radius 2 is 1.88 bits per heavy atom. The summed E-state index contributed by atoms with van der Waals surface area (Å²) in [6.45, 7) is 1.96. The molecule has 2 rings (SSSR count). The number of thioether (sulfide) groups is 1. The standard InChI is InChI=1S/C18H17ClF3NO2S/c1-11(17(24)23-10-12-3-5-13(25-2)6-4-12)26-14-7-8-16(19)15(9-14)18(20,21)22/h3-9,11H,10H2,1-2H3,(H,23,24)/t11-/m1/s1. The van der Waals surface area contributed by atoms with Crippen LogP contribution in [0.25, 0.3) is 0 Å². The van der Waals surface area contributed by atoms with Gasteiger partial charge in [0.15, 0.2) is 0 Å². The van der Waals surface area contributed by atoms with E-state index in [1.54, 1.807) is 26.2 Å². The number of nitrogens with one attached hydrogen (secondary N) is 1. The number of methoxy groups -OCH3 is 1. The fourth-order valence-corrected chi connectivity index (χ4v) is 3.28. The lowest BCUT2D eigenvalue weighted by Crippen LogP contribution is -2.30. The maximum Gasteiger partial charge on any atom is 0.417 e. The highest BCUT2D eigenvalue weighted by molar-refractivity contribution is 8.00. The molecule has 0 aliphatic carbocycles. The third-order valence-corrected chi connectivity index (χ3v) is 4.97. The molecule has 3 nitrogen and oxygen atoms in total. The van der Waals surface area contributed by atoms with E-state index in [0.717, 1.165) is 23.4 Å². The van der Waals surface area contributed by atoms with Gasteiger partial charge in [-0.05, 0) is 42.8 Å².